The largest absolute Gasteiger partial charge is 0.324 e. The maximum Gasteiger partial charge on any atom is 0.250 e. The van der Waals surface area contributed by atoms with Gasteiger partial charge in [-0.3, -0.25) is 4.79 Å². The summed E-state index contributed by atoms with van der Waals surface area (Å²) in [6, 6.07) is 5.44. The molecule has 1 N–H and O–H groups in total. The normalized spacial score (nSPS) is 27.2. The lowest BCUT2D eigenvalue weighted by Crippen LogP contribution is -2.31. The third-order valence-corrected chi connectivity index (χ3v) is 5.08. The average Bonchev–Trinajstić information content (AvgIpc) is 2.64. The van der Waals surface area contributed by atoms with Gasteiger partial charge >= 0.3 is 0 Å². The van der Waals surface area contributed by atoms with Gasteiger partial charge in [-0.05, 0) is 30.5 Å². The van der Waals surface area contributed by atoms with E-state index >= 15 is 0 Å². The number of carbonyl (C=O) groups excluding carboxylic acids is 1. The summed E-state index contributed by atoms with van der Waals surface area (Å²) < 4.78 is 0. The molecule has 1 atom stereocenters. The highest BCUT2D eigenvalue weighted by molar-refractivity contribution is 6.39. The molecule has 0 saturated heterocycles. The highest BCUT2D eigenvalue weighted by Crippen LogP contribution is 2.48. The molecule has 1 aliphatic heterocycles. The highest BCUT2D eigenvalue weighted by Gasteiger charge is 2.46. The number of nitrogens with one attached hydrogen (secondary N) is 1. The highest BCUT2D eigenvalue weighted by atomic mass is 35.5. The van der Waals surface area contributed by atoms with Gasteiger partial charge in [0.05, 0.1) is 0 Å². The van der Waals surface area contributed by atoms with Gasteiger partial charge in [-0.25, -0.2) is 0 Å². The second-order valence-corrected chi connectivity index (χ2v) is 6.74. The van der Waals surface area contributed by atoms with Crippen LogP contribution in [-0.4, -0.2) is 5.91 Å². The zero-order valence-electron chi connectivity index (χ0n) is 10.7. The second-order valence-electron chi connectivity index (χ2n) is 5.65. The zero-order valence-corrected chi connectivity index (χ0v) is 12.2. The fraction of sp³-hybridized carbons (Fsp3) is 0.533. The number of benzene rings is 1. The van der Waals surface area contributed by atoms with Gasteiger partial charge in [0.1, 0.15) is 0 Å². The Labute approximate surface area is 123 Å². The Hall–Kier alpha value is -0.730. The molecule has 1 amide bonds. The molecular weight excluding hydrogens is 281 g/mol. The minimum atomic E-state index is -0.928. The van der Waals surface area contributed by atoms with Gasteiger partial charge in [0.25, 0.3) is 0 Å². The first-order chi connectivity index (χ1) is 9.09. The van der Waals surface area contributed by atoms with Gasteiger partial charge in [0, 0.05) is 16.3 Å². The van der Waals surface area contributed by atoms with E-state index in [0.717, 1.165) is 11.3 Å². The molecule has 0 spiro atoms. The molecule has 0 bridgehead atoms. The summed E-state index contributed by atoms with van der Waals surface area (Å²) in [5.41, 5.74) is 1.65. The summed E-state index contributed by atoms with van der Waals surface area (Å²) in [4.78, 5) is 11.3. The first-order valence-electron chi connectivity index (χ1n) is 6.90. The predicted octanol–water partition coefficient (Wildman–Crippen LogP) is 4.70. The van der Waals surface area contributed by atoms with Crippen LogP contribution >= 0.6 is 23.2 Å². The number of hydrogen-bond acceptors (Lipinski definition) is 1. The molecular formula is C15H17Cl2NO. The van der Waals surface area contributed by atoms with Crippen molar-refractivity contribution in [3.63, 3.8) is 0 Å². The number of fused-ring (bicyclic) bond motifs is 1. The summed E-state index contributed by atoms with van der Waals surface area (Å²) in [5.74, 6) is 0.443. The lowest BCUT2D eigenvalue weighted by molar-refractivity contribution is -0.118. The number of anilines is 1. The molecule has 102 valence electrons. The van der Waals surface area contributed by atoms with Crippen LogP contribution in [0.1, 0.15) is 44.1 Å². The fourth-order valence-corrected chi connectivity index (χ4v) is 3.88. The maximum absolute atomic E-state index is 12.3. The molecule has 19 heavy (non-hydrogen) atoms. The fourth-order valence-electron chi connectivity index (χ4n) is 3.29. The van der Waals surface area contributed by atoms with Crippen LogP contribution in [0.4, 0.5) is 5.69 Å². The average molecular weight is 298 g/mol. The van der Waals surface area contributed by atoms with Crippen molar-refractivity contribution >= 4 is 34.8 Å². The Balaban J connectivity index is 1.90. The number of rotatable bonds is 2. The topological polar surface area (TPSA) is 29.1 Å². The van der Waals surface area contributed by atoms with Crippen LogP contribution in [-0.2, 0) is 9.67 Å². The molecule has 1 heterocycles. The molecule has 2 nitrogen and oxygen atoms in total. The van der Waals surface area contributed by atoms with E-state index in [9.17, 15) is 4.79 Å². The van der Waals surface area contributed by atoms with Crippen molar-refractivity contribution < 1.29 is 4.79 Å². The van der Waals surface area contributed by atoms with E-state index in [0.29, 0.717) is 17.4 Å². The molecule has 3 rings (SSSR count). The van der Waals surface area contributed by atoms with Crippen LogP contribution in [0.15, 0.2) is 18.2 Å². The quantitative estimate of drug-likeness (QED) is 0.788. The number of amides is 1. The molecule has 0 radical (unpaired) electrons. The van der Waals surface area contributed by atoms with Gasteiger partial charge < -0.3 is 5.32 Å². The lowest BCUT2D eigenvalue weighted by Gasteiger charge is -2.28. The van der Waals surface area contributed by atoms with Gasteiger partial charge in [-0.2, -0.15) is 0 Å². The Bertz CT molecular complexity index is 511. The summed E-state index contributed by atoms with van der Waals surface area (Å²) >= 11 is 12.7. The summed E-state index contributed by atoms with van der Waals surface area (Å²) in [5, 5.41) is 3.50. The Kier molecular flexibility index (Phi) is 3.48. The van der Waals surface area contributed by atoms with Crippen LogP contribution in [0.3, 0.4) is 0 Å². The van der Waals surface area contributed by atoms with Crippen molar-refractivity contribution in [2.75, 3.05) is 5.32 Å². The third-order valence-electron chi connectivity index (χ3n) is 4.31. The van der Waals surface area contributed by atoms with Crippen molar-refractivity contribution in [2.45, 2.75) is 43.4 Å². The number of carbonyl (C=O) groups is 1. The van der Waals surface area contributed by atoms with Crippen molar-refractivity contribution in [3.05, 3.63) is 28.8 Å². The SMILES string of the molecule is O=C1Nc2ccc(Cl)cc2C1(Cl)CC1CCCCC1. The second kappa shape index (κ2) is 4.99. The van der Waals surface area contributed by atoms with Gasteiger partial charge in [-0.15, -0.1) is 11.6 Å². The van der Waals surface area contributed by atoms with E-state index in [2.05, 4.69) is 5.32 Å². The van der Waals surface area contributed by atoms with Crippen molar-refractivity contribution in [1.29, 1.82) is 0 Å². The molecule has 1 saturated carbocycles. The lowest BCUT2D eigenvalue weighted by atomic mass is 9.80. The minimum Gasteiger partial charge on any atom is -0.324 e. The van der Waals surface area contributed by atoms with E-state index < -0.39 is 4.87 Å². The van der Waals surface area contributed by atoms with Gasteiger partial charge in [0.15, 0.2) is 4.87 Å². The Morgan fingerprint density at radius 3 is 2.74 bits per heavy atom. The Morgan fingerprint density at radius 1 is 1.26 bits per heavy atom. The van der Waals surface area contributed by atoms with Crippen molar-refractivity contribution in [1.82, 2.24) is 0 Å². The molecule has 1 aromatic carbocycles. The molecule has 1 fully saturated rings. The van der Waals surface area contributed by atoms with E-state index in [1.165, 1.54) is 32.1 Å². The number of hydrogen-bond donors (Lipinski definition) is 1. The van der Waals surface area contributed by atoms with E-state index in [1.807, 2.05) is 12.1 Å². The van der Waals surface area contributed by atoms with E-state index in [-0.39, 0.29) is 5.91 Å². The summed E-state index contributed by atoms with van der Waals surface area (Å²) in [7, 11) is 0. The summed E-state index contributed by atoms with van der Waals surface area (Å²) in [6.45, 7) is 0. The standard InChI is InChI=1S/C15H17Cl2NO/c16-11-6-7-13-12(8-11)15(17,14(19)18-13)9-10-4-2-1-3-5-10/h6-8,10H,1-5,9H2,(H,18,19). The first-order valence-corrected chi connectivity index (χ1v) is 7.65. The first kappa shape index (κ1) is 13.3. The van der Waals surface area contributed by atoms with Crippen LogP contribution in [0.5, 0.6) is 0 Å². The molecule has 4 heteroatoms. The smallest absolute Gasteiger partial charge is 0.250 e. The number of alkyl halides is 1. The monoisotopic (exact) mass is 297 g/mol. The van der Waals surface area contributed by atoms with Crippen molar-refractivity contribution in [2.24, 2.45) is 5.92 Å². The van der Waals surface area contributed by atoms with Gasteiger partial charge in [0.2, 0.25) is 5.91 Å². The number of halogens is 2. The molecule has 1 unspecified atom stereocenters. The third kappa shape index (κ3) is 2.36. The van der Waals surface area contributed by atoms with Crippen LogP contribution in [0.2, 0.25) is 5.02 Å². The van der Waals surface area contributed by atoms with Gasteiger partial charge in [-0.1, -0.05) is 43.7 Å². The van der Waals surface area contributed by atoms with E-state index in [4.69, 9.17) is 23.2 Å². The minimum absolute atomic E-state index is 0.1000. The molecule has 1 aliphatic carbocycles. The molecule has 2 aliphatic rings. The predicted molar refractivity (Wildman–Crippen MR) is 78.8 cm³/mol. The van der Waals surface area contributed by atoms with Crippen LogP contribution in [0.25, 0.3) is 0 Å². The maximum atomic E-state index is 12.3. The molecule has 1 aromatic rings. The zero-order chi connectivity index (χ0) is 13.5. The van der Waals surface area contributed by atoms with Crippen LogP contribution < -0.4 is 5.32 Å². The molecule has 0 aromatic heterocycles. The Morgan fingerprint density at radius 2 is 2.00 bits per heavy atom. The van der Waals surface area contributed by atoms with Crippen LogP contribution in [0, 0.1) is 5.92 Å². The van der Waals surface area contributed by atoms with E-state index in [1.54, 1.807) is 6.07 Å². The van der Waals surface area contributed by atoms with Crippen molar-refractivity contribution in [3.8, 4) is 0 Å². The summed E-state index contributed by atoms with van der Waals surface area (Å²) in [6.07, 6.45) is 6.88.